The molecule has 0 spiro atoms. The van der Waals surface area contributed by atoms with E-state index in [9.17, 15) is 4.79 Å². The van der Waals surface area contributed by atoms with Gasteiger partial charge < -0.3 is 9.88 Å². The third kappa shape index (κ3) is 3.68. The van der Waals surface area contributed by atoms with Crippen molar-refractivity contribution >= 4 is 26.8 Å². The van der Waals surface area contributed by atoms with E-state index < -0.39 is 0 Å². The van der Waals surface area contributed by atoms with Crippen molar-refractivity contribution in [2.45, 2.75) is 19.5 Å². The highest BCUT2D eigenvalue weighted by molar-refractivity contribution is 9.10. The Balaban J connectivity index is 1.70. The highest BCUT2D eigenvalue weighted by atomic mass is 79.9. The maximum absolute atomic E-state index is 11.8. The summed E-state index contributed by atoms with van der Waals surface area (Å²) >= 11 is 3.39. The number of halogens is 1. The number of fused-ring (bicyclic) bond motifs is 1. The van der Waals surface area contributed by atoms with Gasteiger partial charge in [0.05, 0.1) is 5.52 Å². The van der Waals surface area contributed by atoms with Crippen molar-refractivity contribution in [3.8, 4) is 0 Å². The monoisotopic (exact) mass is 371 g/mol. The molecule has 2 aromatic heterocycles. The molecule has 0 aliphatic rings. The van der Waals surface area contributed by atoms with Gasteiger partial charge >= 0.3 is 0 Å². The van der Waals surface area contributed by atoms with E-state index in [1.54, 1.807) is 16.7 Å². The van der Waals surface area contributed by atoms with Crippen LogP contribution >= 0.6 is 15.9 Å². The van der Waals surface area contributed by atoms with Crippen LogP contribution in [0.3, 0.4) is 0 Å². The van der Waals surface area contributed by atoms with Crippen molar-refractivity contribution in [2.24, 2.45) is 0 Å². The van der Waals surface area contributed by atoms with E-state index >= 15 is 0 Å². The molecule has 0 fully saturated rings. The molecule has 4 nitrogen and oxygen atoms in total. The molecule has 0 bridgehead atoms. The fourth-order valence-electron chi connectivity index (χ4n) is 2.69. The Morgan fingerprint density at radius 1 is 1.22 bits per heavy atom. The molecule has 3 rings (SSSR count). The van der Waals surface area contributed by atoms with Crippen LogP contribution < -0.4 is 10.9 Å². The summed E-state index contributed by atoms with van der Waals surface area (Å²) in [5, 5.41) is 4.65. The molecule has 0 aliphatic heterocycles. The first kappa shape index (κ1) is 15.9. The number of benzene rings is 1. The first-order chi connectivity index (χ1) is 11.1. The summed E-state index contributed by atoms with van der Waals surface area (Å²) in [5.41, 5.74) is 2.23. The van der Waals surface area contributed by atoms with E-state index in [0.717, 1.165) is 15.4 Å². The SMILES string of the molecule is CC(NCCn1cc(Br)ccc1=O)c1cccc2ncccc12. The predicted molar refractivity (Wildman–Crippen MR) is 96.6 cm³/mol. The molecule has 23 heavy (non-hydrogen) atoms. The summed E-state index contributed by atoms with van der Waals surface area (Å²) in [6, 6.07) is 13.7. The lowest BCUT2D eigenvalue weighted by atomic mass is 10.0. The van der Waals surface area contributed by atoms with Crippen LogP contribution in [0.25, 0.3) is 10.9 Å². The number of aromatic nitrogens is 2. The first-order valence-electron chi connectivity index (χ1n) is 7.58. The molecule has 1 unspecified atom stereocenters. The van der Waals surface area contributed by atoms with Crippen molar-refractivity contribution < 1.29 is 0 Å². The third-order valence-corrected chi connectivity index (χ3v) is 4.37. The van der Waals surface area contributed by atoms with Gasteiger partial charge in [0, 0.05) is 47.5 Å². The molecule has 1 N–H and O–H groups in total. The van der Waals surface area contributed by atoms with Crippen LogP contribution in [0.15, 0.2) is 64.1 Å². The number of hydrogen-bond donors (Lipinski definition) is 1. The van der Waals surface area contributed by atoms with Crippen LogP contribution in [0.4, 0.5) is 0 Å². The maximum atomic E-state index is 11.8. The van der Waals surface area contributed by atoms with E-state index in [1.165, 1.54) is 5.56 Å². The predicted octanol–water partition coefficient (Wildman–Crippen LogP) is 3.51. The van der Waals surface area contributed by atoms with Gasteiger partial charge in [-0.3, -0.25) is 9.78 Å². The average molecular weight is 372 g/mol. The number of nitrogens with one attached hydrogen (secondary N) is 1. The highest BCUT2D eigenvalue weighted by Gasteiger charge is 2.09. The number of hydrogen-bond acceptors (Lipinski definition) is 3. The van der Waals surface area contributed by atoms with Crippen molar-refractivity contribution in [3.63, 3.8) is 0 Å². The normalized spacial score (nSPS) is 12.4. The lowest BCUT2D eigenvalue weighted by molar-refractivity contribution is 0.526. The van der Waals surface area contributed by atoms with Gasteiger partial charge in [-0.1, -0.05) is 18.2 Å². The molecule has 1 atom stereocenters. The lowest BCUT2D eigenvalue weighted by Gasteiger charge is -2.17. The van der Waals surface area contributed by atoms with Gasteiger partial charge in [-0.05, 0) is 46.6 Å². The van der Waals surface area contributed by atoms with E-state index in [2.05, 4.69) is 45.3 Å². The molecule has 0 saturated heterocycles. The maximum Gasteiger partial charge on any atom is 0.250 e. The summed E-state index contributed by atoms with van der Waals surface area (Å²) < 4.78 is 2.61. The smallest absolute Gasteiger partial charge is 0.250 e. The molecule has 118 valence electrons. The van der Waals surface area contributed by atoms with Crippen LogP contribution in [0, 0.1) is 0 Å². The number of rotatable bonds is 5. The quantitative estimate of drug-likeness (QED) is 0.746. The third-order valence-electron chi connectivity index (χ3n) is 3.90. The molecule has 1 aromatic carbocycles. The second-order valence-electron chi connectivity index (χ2n) is 5.47. The molecule has 0 amide bonds. The topological polar surface area (TPSA) is 46.9 Å². The minimum absolute atomic E-state index is 0.0111. The van der Waals surface area contributed by atoms with Crippen molar-refractivity contribution in [2.75, 3.05) is 6.54 Å². The fraction of sp³-hybridized carbons (Fsp3) is 0.222. The zero-order valence-electron chi connectivity index (χ0n) is 12.9. The van der Waals surface area contributed by atoms with Crippen molar-refractivity contribution in [3.05, 3.63) is 75.2 Å². The van der Waals surface area contributed by atoms with Crippen LogP contribution in [0.2, 0.25) is 0 Å². The number of nitrogens with zero attached hydrogens (tertiary/aromatic N) is 2. The van der Waals surface area contributed by atoms with Crippen LogP contribution in [-0.2, 0) is 6.54 Å². The Bertz CT molecular complexity index is 870. The zero-order valence-corrected chi connectivity index (χ0v) is 14.5. The summed E-state index contributed by atoms with van der Waals surface area (Å²) in [6.07, 6.45) is 3.63. The second kappa shape index (κ2) is 7.06. The molecular weight excluding hydrogens is 354 g/mol. The first-order valence-corrected chi connectivity index (χ1v) is 8.37. The van der Waals surface area contributed by atoms with E-state index in [-0.39, 0.29) is 11.6 Å². The molecule has 0 radical (unpaired) electrons. The van der Waals surface area contributed by atoms with Gasteiger partial charge in [-0.15, -0.1) is 0 Å². The van der Waals surface area contributed by atoms with Crippen molar-refractivity contribution in [1.82, 2.24) is 14.9 Å². The Morgan fingerprint density at radius 2 is 2.09 bits per heavy atom. The van der Waals surface area contributed by atoms with Gasteiger partial charge in [-0.2, -0.15) is 0 Å². The van der Waals surface area contributed by atoms with Gasteiger partial charge in [-0.25, -0.2) is 0 Å². The van der Waals surface area contributed by atoms with Gasteiger partial charge in [0.25, 0.3) is 5.56 Å². The lowest BCUT2D eigenvalue weighted by Crippen LogP contribution is -2.28. The Hall–Kier alpha value is -1.98. The standard InChI is InChI=1S/C18H18BrN3O/c1-13(15-4-2-6-17-16(15)5-3-9-21-17)20-10-11-22-12-14(19)7-8-18(22)23/h2-9,12-13,20H,10-11H2,1H3. The van der Waals surface area contributed by atoms with E-state index in [4.69, 9.17) is 0 Å². The molecule has 5 heteroatoms. The molecule has 3 aromatic rings. The van der Waals surface area contributed by atoms with Crippen LogP contribution in [-0.4, -0.2) is 16.1 Å². The molecule has 0 saturated carbocycles. The van der Waals surface area contributed by atoms with Crippen molar-refractivity contribution in [1.29, 1.82) is 0 Å². The molecular formula is C18H18BrN3O. The highest BCUT2D eigenvalue weighted by Crippen LogP contribution is 2.22. The van der Waals surface area contributed by atoms with Gasteiger partial charge in [0.15, 0.2) is 0 Å². The Morgan fingerprint density at radius 3 is 2.96 bits per heavy atom. The average Bonchev–Trinajstić information content (AvgIpc) is 2.57. The van der Waals surface area contributed by atoms with Crippen LogP contribution in [0.1, 0.15) is 18.5 Å². The summed E-state index contributed by atoms with van der Waals surface area (Å²) in [7, 11) is 0. The van der Waals surface area contributed by atoms with Gasteiger partial charge in [0.1, 0.15) is 0 Å². The minimum Gasteiger partial charge on any atom is -0.313 e. The minimum atomic E-state index is 0.0111. The van der Waals surface area contributed by atoms with E-state index in [1.807, 2.05) is 30.6 Å². The van der Waals surface area contributed by atoms with Crippen LogP contribution in [0.5, 0.6) is 0 Å². The second-order valence-corrected chi connectivity index (χ2v) is 6.39. The summed E-state index contributed by atoms with van der Waals surface area (Å²) in [6.45, 7) is 3.48. The number of pyridine rings is 2. The summed E-state index contributed by atoms with van der Waals surface area (Å²) in [4.78, 5) is 16.2. The zero-order chi connectivity index (χ0) is 16.2. The van der Waals surface area contributed by atoms with Gasteiger partial charge in [0.2, 0.25) is 0 Å². The van der Waals surface area contributed by atoms with E-state index in [0.29, 0.717) is 13.1 Å². The fourth-order valence-corrected chi connectivity index (χ4v) is 3.07. The largest absolute Gasteiger partial charge is 0.313 e. The molecule has 2 heterocycles. The Labute approximate surface area is 143 Å². The Kier molecular flexibility index (Phi) is 4.88. The molecule has 0 aliphatic carbocycles. The summed E-state index contributed by atoms with van der Waals surface area (Å²) in [5.74, 6) is 0.